The summed E-state index contributed by atoms with van der Waals surface area (Å²) < 4.78 is 23.9. The Morgan fingerprint density at radius 1 is 0.892 bits per heavy atom. The molecule has 0 amide bonds. The monoisotopic (exact) mass is 508 g/mol. The number of carbonyl (C=O) groups is 2. The number of hydrogen-bond donors (Lipinski definition) is 0. The van der Waals surface area contributed by atoms with Gasteiger partial charge in [-0.15, -0.1) is 0 Å². The lowest BCUT2D eigenvalue weighted by Crippen LogP contribution is -2.36. The van der Waals surface area contributed by atoms with E-state index in [1.165, 1.54) is 7.11 Å². The van der Waals surface area contributed by atoms with Gasteiger partial charge in [-0.3, -0.25) is 9.59 Å². The van der Waals surface area contributed by atoms with E-state index in [-0.39, 0.29) is 13.2 Å². The molecule has 2 aromatic carbocycles. The van der Waals surface area contributed by atoms with Gasteiger partial charge >= 0.3 is 11.9 Å². The summed E-state index contributed by atoms with van der Waals surface area (Å²) in [6, 6.07) is 14.1. The molecule has 0 N–H and O–H groups in total. The number of benzene rings is 2. The molecule has 8 heteroatoms. The molecule has 0 saturated heterocycles. The van der Waals surface area contributed by atoms with Crippen molar-refractivity contribution in [3.05, 3.63) is 66.6 Å². The number of hydrogen-bond acceptors (Lipinski definition) is 7. The van der Waals surface area contributed by atoms with Crippen LogP contribution >= 0.6 is 0 Å². The van der Waals surface area contributed by atoms with Crippen LogP contribution in [0.25, 0.3) is 11.3 Å². The van der Waals surface area contributed by atoms with Gasteiger partial charge in [0.25, 0.3) is 0 Å². The highest BCUT2D eigenvalue weighted by Crippen LogP contribution is 2.38. The maximum atomic E-state index is 13.5. The normalized spacial score (nSPS) is 11.7. The second kappa shape index (κ2) is 14.1. The Labute approximate surface area is 218 Å². The van der Waals surface area contributed by atoms with Crippen LogP contribution in [-0.2, 0) is 19.1 Å². The molecule has 1 aromatic heterocycles. The van der Waals surface area contributed by atoms with Crippen molar-refractivity contribution in [2.45, 2.75) is 45.6 Å². The predicted octanol–water partition coefficient (Wildman–Crippen LogP) is 5.46. The third-order valence-corrected chi connectivity index (χ3v) is 6.06. The van der Waals surface area contributed by atoms with E-state index in [0.717, 1.165) is 18.4 Å². The molecule has 1 unspecified atom stereocenters. The summed E-state index contributed by atoms with van der Waals surface area (Å²) in [5.41, 5.74) is 2.22. The second-order valence-corrected chi connectivity index (χ2v) is 8.64. The molecule has 8 nitrogen and oxygen atoms in total. The summed E-state index contributed by atoms with van der Waals surface area (Å²) in [6.07, 6.45) is 6.54. The number of carbonyl (C=O) groups excluding carboxylic acids is 2. The van der Waals surface area contributed by atoms with Gasteiger partial charge in [0.1, 0.15) is 11.5 Å². The zero-order valence-corrected chi connectivity index (χ0v) is 22.0. The lowest BCUT2D eigenvalue weighted by molar-refractivity contribution is -0.164. The van der Waals surface area contributed by atoms with Crippen LogP contribution in [0.5, 0.6) is 11.5 Å². The first-order chi connectivity index (χ1) is 18.0. The van der Waals surface area contributed by atoms with Crippen molar-refractivity contribution in [2.24, 2.45) is 5.92 Å². The SMILES string of the molecule is CCCCOC(=O)C(C(=O)OCCCC)C(c1ccc(OC)cc1OC)n1cnc(-c2ccccc2)c1. The van der Waals surface area contributed by atoms with Gasteiger partial charge in [0.2, 0.25) is 0 Å². The van der Waals surface area contributed by atoms with Crippen LogP contribution in [0.1, 0.15) is 51.1 Å². The number of esters is 2. The fourth-order valence-electron chi connectivity index (χ4n) is 3.99. The van der Waals surface area contributed by atoms with Crippen LogP contribution in [0, 0.1) is 5.92 Å². The smallest absolute Gasteiger partial charge is 0.322 e. The Hall–Kier alpha value is -3.81. The number of unbranched alkanes of at least 4 members (excludes halogenated alkanes) is 2. The number of imidazole rings is 1. The van der Waals surface area contributed by atoms with Crippen molar-refractivity contribution in [3.8, 4) is 22.8 Å². The summed E-state index contributed by atoms with van der Waals surface area (Å²) in [6.45, 7) is 4.46. The molecule has 0 aliphatic heterocycles. The van der Waals surface area contributed by atoms with Crippen molar-refractivity contribution in [1.29, 1.82) is 0 Å². The zero-order chi connectivity index (χ0) is 26.6. The van der Waals surface area contributed by atoms with Gasteiger partial charge in [-0.2, -0.15) is 0 Å². The molecular weight excluding hydrogens is 472 g/mol. The average molecular weight is 509 g/mol. The van der Waals surface area contributed by atoms with Crippen molar-refractivity contribution in [3.63, 3.8) is 0 Å². The van der Waals surface area contributed by atoms with E-state index < -0.39 is 23.9 Å². The third kappa shape index (κ3) is 7.12. The second-order valence-electron chi connectivity index (χ2n) is 8.64. The van der Waals surface area contributed by atoms with Crippen LogP contribution in [0.2, 0.25) is 0 Å². The van der Waals surface area contributed by atoms with E-state index >= 15 is 0 Å². The summed E-state index contributed by atoms with van der Waals surface area (Å²) in [5, 5.41) is 0. The highest BCUT2D eigenvalue weighted by molar-refractivity contribution is 5.96. The van der Waals surface area contributed by atoms with Crippen molar-refractivity contribution in [1.82, 2.24) is 9.55 Å². The molecule has 198 valence electrons. The molecule has 0 aliphatic carbocycles. The molecular formula is C29H36N2O6. The number of nitrogens with zero attached hydrogens (tertiary/aromatic N) is 2. The van der Waals surface area contributed by atoms with Crippen LogP contribution in [0.15, 0.2) is 61.1 Å². The maximum absolute atomic E-state index is 13.5. The third-order valence-electron chi connectivity index (χ3n) is 6.06. The van der Waals surface area contributed by atoms with Crippen LogP contribution < -0.4 is 9.47 Å². The minimum atomic E-state index is -1.27. The van der Waals surface area contributed by atoms with Gasteiger partial charge in [0.05, 0.1) is 45.5 Å². The molecule has 0 aliphatic rings. The molecule has 0 saturated carbocycles. The van der Waals surface area contributed by atoms with E-state index in [1.54, 1.807) is 36.2 Å². The minimum Gasteiger partial charge on any atom is -0.497 e. The first kappa shape index (κ1) is 27.8. The largest absolute Gasteiger partial charge is 0.497 e. The lowest BCUT2D eigenvalue weighted by Gasteiger charge is -2.27. The standard InChI is InChI=1S/C29H36N2O6/c1-5-7-16-36-28(32)26(29(33)37-17-8-6-2)27(23-15-14-22(34-3)18-25(23)35-4)31-19-24(30-20-31)21-12-10-9-11-13-21/h9-15,18-20,26-27H,5-8,16-17H2,1-4H3. The van der Waals surface area contributed by atoms with Crippen LogP contribution in [0.3, 0.4) is 0 Å². The zero-order valence-electron chi connectivity index (χ0n) is 22.0. The summed E-state index contributed by atoms with van der Waals surface area (Å²) >= 11 is 0. The topological polar surface area (TPSA) is 88.9 Å². The van der Waals surface area contributed by atoms with Gasteiger partial charge in [-0.05, 0) is 25.0 Å². The van der Waals surface area contributed by atoms with Gasteiger partial charge in [-0.1, -0.05) is 57.0 Å². The van der Waals surface area contributed by atoms with Crippen molar-refractivity contribution >= 4 is 11.9 Å². The van der Waals surface area contributed by atoms with Gasteiger partial charge in [0.15, 0.2) is 5.92 Å². The summed E-state index contributed by atoms with van der Waals surface area (Å²) in [5.74, 6) is -1.51. The fourth-order valence-corrected chi connectivity index (χ4v) is 3.99. The molecule has 0 bridgehead atoms. The highest BCUT2D eigenvalue weighted by Gasteiger charge is 2.41. The summed E-state index contributed by atoms with van der Waals surface area (Å²) in [4.78, 5) is 31.5. The Bertz CT molecular complexity index is 1120. The predicted molar refractivity (Wildman–Crippen MR) is 141 cm³/mol. The van der Waals surface area contributed by atoms with Crippen molar-refractivity contribution in [2.75, 3.05) is 27.4 Å². The van der Waals surface area contributed by atoms with Crippen LogP contribution in [-0.4, -0.2) is 48.9 Å². The molecule has 0 radical (unpaired) electrons. The van der Waals surface area contributed by atoms with Gasteiger partial charge in [0, 0.05) is 23.4 Å². The highest BCUT2D eigenvalue weighted by atomic mass is 16.6. The first-order valence-electron chi connectivity index (χ1n) is 12.7. The van der Waals surface area contributed by atoms with E-state index in [1.807, 2.05) is 50.4 Å². The minimum absolute atomic E-state index is 0.222. The van der Waals surface area contributed by atoms with Crippen molar-refractivity contribution < 1.29 is 28.5 Å². The molecule has 0 fully saturated rings. The Morgan fingerprint density at radius 2 is 1.54 bits per heavy atom. The average Bonchev–Trinajstić information content (AvgIpc) is 3.42. The summed E-state index contributed by atoms with van der Waals surface area (Å²) in [7, 11) is 3.10. The molecule has 37 heavy (non-hydrogen) atoms. The van der Waals surface area contributed by atoms with Gasteiger partial charge in [-0.25, -0.2) is 4.98 Å². The quantitative estimate of drug-likeness (QED) is 0.162. The lowest BCUT2D eigenvalue weighted by atomic mass is 9.91. The van der Waals surface area contributed by atoms with E-state index in [2.05, 4.69) is 4.98 Å². The fraction of sp³-hybridized carbons (Fsp3) is 0.414. The van der Waals surface area contributed by atoms with E-state index in [9.17, 15) is 9.59 Å². The number of methoxy groups -OCH3 is 2. The molecule has 1 heterocycles. The number of aromatic nitrogens is 2. The Kier molecular flexibility index (Phi) is 10.6. The number of rotatable bonds is 14. The molecule has 3 rings (SSSR count). The Morgan fingerprint density at radius 3 is 2.11 bits per heavy atom. The number of ether oxygens (including phenoxy) is 4. The Balaban J connectivity index is 2.13. The molecule has 3 aromatic rings. The van der Waals surface area contributed by atoms with Crippen LogP contribution in [0.4, 0.5) is 0 Å². The molecule has 0 spiro atoms. The van der Waals surface area contributed by atoms with E-state index in [4.69, 9.17) is 18.9 Å². The van der Waals surface area contributed by atoms with E-state index in [0.29, 0.717) is 35.6 Å². The molecule has 1 atom stereocenters. The van der Waals surface area contributed by atoms with Gasteiger partial charge < -0.3 is 23.5 Å². The first-order valence-corrected chi connectivity index (χ1v) is 12.7. The maximum Gasteiger partial charge on any atom is 0.322 e.